The summed E-state index contributed by atoms with van der Waals surface area (Å²) in [6.07, 6.45) is 0.811. The lowest BCUT2D eigenvalue weighted by Crippen LogP contribution is -2.05. The first-order chi connectivity index (χ1) is 8.72. The Kier molecular flexibility index (Phi) is 6.86. The van der Waals surface area contributed by atoms with E-state index in [-0.39, 0.29) is 0 Å². The zero-order chi connectivity index (χ0) is 13.4. The Hall–Kier alpha value is -0.970. The number of rotatable bonds is 8. The lowest BCUT2D eigenvalue weighted by molar-refractivity contribution is 0.130. The molecule has 4 nitrogen and oxygen atoms in total. The average molecular weight is 274 g/mol. The van der Waals surface area contributed by atoms with Gasteiger partial charge in [0.2, 0.25) is 0 Å². The van der Waals surface area contributed by atoms with E-state index in [1.54, 1.807) is 13.2 Å². The Labute approximate surface area is 113 Å². The Morgan fingerprint density at radius 1 is 1.28 bits per heavy atom. The summed E-state index contributed by atoms with van der Waals surface area (Å²) < 4.78 is 16.1. The predicted octanol–water partition coefficient (Wildman–Crippen LogP) is 2.61. The Balaban J connectivity index is 2.63. The molecule has 1 rings (SSSR count). The van der Waals surface area contributed by atoms with Gasteiger partial charge in [-0.2, -0.15) is 0 Å². The second-order valence-electron chi connectivity index (χ2n) is 3.71. The molecule has 0 aromatic heterocycles. The molecule has 0 radical (unpaired) electrons. The summed E-state index contributed by atoms with van der Waals surface area (Å²) in [4.78, 5) is 0. The Morgan fingerprint density at radius 2 is 2.06 bits per heavy atom. The van der Waals surface area contributed by atoms with Gasteiger partial charge in [0.25, 0.3) is 0 Å². The van der Waals surface area contributed by atoms with Crippen LogP contribution in [-0.4, -0.2) is 26.9 Å². The van der Waals surface area contributed by atoms with E-state index in [9.17, 15) is 0 Å². The van der Waals surface area contributed by atoms with Crippen molar-refractivity contribution in [2.45, 2.75) is 19.9 Å². The summed E-state index contributed by atoms with van der Waals surface area (Å²) in [7, 11) is 1.58. The molecule has 102 valence electrons. The van der Waals surface area contributed by atoms with Crippen LogP contribution in [0.25, 0.3) is 0 Å². The zero-order valence-corrected chi connectivity index (χ0v) is 11.6. The summed E-state index contributed by atoms with van der Waals surface area (Å²) >= 11 is 6.14. The SMILES string of the molecule is CCOCCCOc1c(Cl)cc(CN)cc1OC. The molecule has 0 aliphatic heterocycles. The summed E-state index contributed by atoms with van der Waals surface area (Å²) in [6, 6.07) is 3.63. The number of benzene rings is 1. The third kappa shape index (κ3) is 4.37. The van der Waals surface area contributed by atoms with Crippen LogP contribution in [0.1, 0.15) is 18.9 Å². The van der Waals surface area contributed by atoms with E-state index in [2.05, 4.69) is 0 Å². The monoisotopic (exact) mass is 273 g/mol. The van der Waals surface area contributed by atoms with Crippen molar-refractivity contribution in [3.63, 3.8) is 0 Å². The Bertz CT molecular complexity index is 371. The van der Waals surface area contributed by atoms with Gasteiger partial charge >= 0.3 is 0 Å². The van der Waals surface area contributed by atoms with Crippen LogP contribution in [0.5, 0.6) is 11.5 Å². The van der Waals surface area contributed by atoms with Gasteiger partial charge in [0.1, 0.15) is 0 Å². The van der Waals surface area contributed by atoms with E-state index in [4.69, 9.17) is 31.5 Å². The molecule has 1 aromatic carbocycles. The van der Waals surface area contributed by atoms with Gasteiger partial charge in [-0.05, 0) is 24.6 Å². The molecule has 0 amide bonds. The highest BCUT2D eigenvalue weighted by Crippen LogP contribution is 2.36. The van der Waals surface area contributed by atoms with E-state index in [1.807, 2.05) is 13.0 Å². The molecule has 1 aromatic rings. The van der Waals surface area contributed by atoms with Crippen LogP contribution in [0, 0.1) is 0 Å². The molecular weight excluding hydrogens is 254 g/mol. The number of methoxy groups -OCH3 is 1. The van der Waals surface area contributed by atoms with Crippen molar-refractivity contribution in [1.82, 2.24) is 0 Å². The van der Waals surface area contributed by atoms with Crippen LogP contribution in [0.3, 0.4) is 0 Å². The second kappa shape index (κ2) is 8.19. The summed E-state index contributed by atoms with van der Waals surface area (Å²) in [5.74, 6) is 1.17. The summed E-state index contributed by atoms with van der Waals surface area (Å²) in [6.45, 7) is 4.32. The highest BCUT2D eigenvalue weighted by Gasteiger charge is 2.11. The highest BCUT2D eigenvalue weighted by molar-refractivity contribution is 6.32. The first-order valence-corrected chi connectivity index (χ1v) is 6.37. The van der Waals surface area contributed by atoms with E-state index in [0.29, 0.717) is 36.3 Å². The average Bonchev–Trinajstić information content (AvgIpc) is 2.39. The maximum absolute atomic E-state index is 6.14. The van der Waals surface area contributed by atoms with Crippen LogP contribution >= 0.6 is 11.6 Å². The maximum Gasteiger partial charge on any atom is 0.179 e. The third-order valence-electron chi connectivity index (χ3n) is 2.41. The minimum atomic E-state index is 0.417. The van der Waals surface area contributed by atoms with Crippen LogP contribution in [0.4, 0.5) is 0 Å². The Morgan fingerprint density at radius 3 is 2.67 bits per heavy atom. The highest BCUT2D eigenvalue weighted by atomic mass is 35.5. The van der Waals surface area contributed by atoms with Crippen LogP contribution in [0.15, 0.2) is 12.1 Å². The summed E-state index contributed by atoms with van der Waals surface area (Å²) in [5, 5.41) is 0.520. The third-order valence-corrected chi connectivity index (χ3v) is 2.69. The molecule has 0 saturated carbocycles. The van der Waals surface area contributed by atoms with Gasteiger partial charge in [0.15, 0.2) is 11.5 Å². The van der Waals surface area contributed by atoms with Gasteiger partial charge < -0.3 is 19.9 Å². The number of hydrogen-bond donors (Lipinski definition) is 1. The van der Waals surface area contributed by atoms with Crippen LogP contribution in [-0.2, 0) is 11.3 Å². The standard InChI is InChI=1S/C13H20ClNO3/c1-3-17-5-4-6-18-13-11(14)7-10(9-15)8-12(13)16-2/h7-8H,3-6,9,15H2,1-2H3. The number of nitrogens with two attached hydrogens (primary N) is 1. The van der Waals surface area contributed by atoms with Gasteiger partial charge in [-0.25, -0.2) is 0 Å². The zero-order valence-electron chi connectivity index (χ0n) is 10.9. The van der Waals surface area contributed by atoms with E-state index >= 15 is 0 Å². The van der Waals surface area contributed by atoms with Crippen molar-refractivity contribution >= 4 is 11.6 Å². The minimum Gasteiger partial charge on any atom is -0.493 e. The van der Waals surface area contributed by atoms with Gasteiger partial charge in [0, 0.05) is 26.2 Å². The molecule has 0 heterocycles. The lowest BCUT2D eigenvalue weighted by Gasteiger charge is -2.13. The van der Waals surface area contributed by atoms with Crippen molar-refractivity contribution in [3.05, 3.63) is 22.7 Å². The normalized spacial score (nSPS) is 10.4. The molecule has 0 bridgehead atoms. The smallest absolute Gasteiger partial charge is 0.179 e. The van der Waals surface area contributed by atoms with E-state index in [1.165, 1.54) is 0 Å². The molecule has 0 spiro atoms. The van der Waals surface area contributed by atoms with Crippen LogP contribution in [0.2, 0.25) is 5.02 Å². The largest absolute Gasteiger partial charge is 0.493 e. The molecule has 5 heteroatoms. The van der Waals surface area contributed by atoms with Crippen LogP contribution < -0.4 is 15.2 Å². The van der Waals surface area contributed by atoms with Crippen molar-refractivity contribution in [2.75, 3.05) is 26.9 Å². The maximum atomic E-state index is 6.14. The molecule has 0 atom stereocenters. The fourth-order valence-electron chi connectivity index (χ4n) is 1.51. The van der Waals surface area contributed by atoms with Crippen molar-refractivity contribution in [1.29, 1.82) is 0 Å². The fourth-order valence-corrected chi connectivity index (χ4v) is 1.80. The predicted molar refractivity (Wildman–Crippen MR) is 72.5 cm³/mol. The number of hydrogen-bond acceptors (Lipinski definition) is 4. The van der Waals surface area contributed by atoms with Gasteiger partial charge in [-0.3, -0.25) is 0 Å². The quantitative estimate of drug-likeness (QED) is 0.740. The minimum absolute atomic E-state index is 0.417. The molecule has 0 fully saturated rings. The van der Waals surface area contributed by atoms with Crippen molar-refractivity contribution in [2.24, 2.45) is 5.73 Å². The van der Waals surface area contributed by atoms with Crippen molar-refractivity contribution < 1.29 is 14.2 Å². The number of ether oxygens (including phenoxy) is 3. The van der Waals surface area contributed by atoms with E-state index in [0.717, 1.165) is 18.6 Å². The van der Waals surface area contributed by atoms with Crippen molar-refractivity contribution in [3.8, 4) is 11.5 Å². The second-order valence-corrected chi connectivity index (χ2v) is 4.12. The topological polar surface area (TPSA) is 53.7 Å². The first kappa shape index (κ1) is 15.1. The number of halogens is 1. The molecule has 0 unspecified atom stereocenters. The fraction of sp³-hybridized carbons (Fsp3) is 0.538. The van der Waals surface area contributed by atoms with Gasteiger partial charge in [-0.15, -0.1) is 0 Å². The molecular formula is C13H20ClNO3. The first-order valence-electron chi connectivity index (χ1n) is 6.00. The van der Waals surface area contributed by atoms with E-state index < -0.39 is 0 Å². The molecule has 0 saturated heterocycles. The molecule has 18 heavy (non-hydrogen) atoms. The van der Waals surface area contributed by atoms with Gasteiger partial charge in [0.05, 0.1) is 18.7 Å². The van der Waals surface area contributed by atoms with Gasteiger partial charge in [-0.1, -0.05) is 11.6 Å². The lowest BCUT2D eigenvalue weighted by atomic mass is 10.2. The molecule has 2 N–H and O–H groups in total. The molecule has 0 aliphatic carbocycles. The summed E-state index contributed by atoms with van der Waals surface area (Å²) in [5.41, 5.74) is 6.49. The molecule has 0 aliphatic rings.